The summed E-state index contributed by atoms with van der Waals surface area (Å²) in [5.74, 6) is -0.560. The van der Waals surface area contributed by atoms with Crippen LogP contribution in [0.5, 0.6) is 5.75 Å². The third-order valence-corrected chi connectivity index (χ3v) is 4.19. The predicted molar refractivity (Wildman–Crippen MR) is 103 cm³/mol. The van der Waals surface area contributed by atoms with Gasteiger partial charge >= 0.3 is 0 Å². The molecule has 2 aromatic carbocycles. The van der Waals surface area contributed by atoms with Crippen molar-refractivity contribution in [3.8, 4) is 5.75 Å². The van der Waals surface area contributed by atoms with Gasteiger partial charge in [0.25, 0.3) is 5.91 Å². The molecule has 2 rings (SSSR count). The van der Waals surface area contributed by atoms with Crippen LogP contribution in [0.25, 0.3) is 0 Å². The normalized spacial score (nSPS) is 10.6. The number of phenols is 1. The van der Waals surface area contributed by atoms with E-state index in [1.807, 2.05) is 6.07 Å². The molecule has 0 fully saturated rings. The van der Waals surface area contributed by atoms with Crippen LogP contribution in [0.2, 0.25) is 0 Å². The quantitative estimate of drug-likeness (QED) is 0.449. The number of nitrogens with zero attached hydrogens (tertiary/aromatic N) is 1. The van der Waals surface area contributed by atoms with E-state index in [-0.39, 0.29) is 30.5 Å². The number of carbonyl (C=O) groups is 2. The van der Waals surface area contributed by atoms with Crippen LogP contribution >= 0.6 is 31.9 Å². The molecule has 0 atom stereocenters. The van der Waals surface area contributed by atoms with Crippen molar-refractivity contribution in [2.24, 2.45) is 5.10 Å². The van der Waals surface area contributed by atoms with Crippen molar-refractivity contribution in [2.45, 2.75) is 6.42 Å². The first-order valence-electron chi connectivity index (χ1n) is 7.30. The molecular weight excluding hydrogens is 454 g/mol. The Labute approximate surface area is 161 Å². The highest BCUT2D eigenvalue weighted by molar-refractivity contribution is 9.11. The maximum atomic E-state index is 11.8. The Morgan fingerprint density at radius 3 is 2.60 bits per heavy atom. The lowest BCUT2D eigenvalue weighted by Crippen LogP contribution is -2.28. The van der Waals surface area contributed by atoms with E-state index in [1.165, 1.54) is 6.21 Å². The van der Waals surface area contributed by atoms with Crippen molar-refractivity contribution in [1.29, 1.82) is 0 Å². The van der Waals surface area contributed by atoms with Crippen LogP contribution in [0, 0.1) is 0 Å². The highest BCUT2D eigenvalue weighted by Gasteiger charge is 2.07. The summed E-state index contributed by atoms with van der Waals surface area (Å²) in [6, 6.07) is 12.1. The topological polar surface area (TPSA) is 90.8 Å². The Kier molecular flexibility index (Phi) is 7.15. The predicted octanol–water partition coefficient (Wildman–Crippen LogP) is 3.19. The lowest BCUT2D eigenvalue weighted by Gasteiger charge is -2.05. The molecule has 8 heteroatoms. The maximum absolute atomic E-state index is 11.8. The van der Waals surface area contributed by atoms with Crippen LogP contribution in [0.1, 0.15) is 22.3 Å². The van der Waals surface area contributed by atoms with Crippen LogP contribution < -0.4 is 10.7 Å². The summed E-state index contributed by atoms with van der Waals surface area (Å²) in [5, 5.41) is 16.3. The van der Waals surface area contributed by atoms with E-state index in [4.69, 9.17) is 0 Å². The van der Waals surface area contributed by atoms with E-state index >= 15 is 0 Å². The molecule has 0 radical (unpaired) electrons. The molecule has 130 valence electrons. The zero-order chi connectivity index (χ0) is 18.2. The molecule has 25 heavy (non-hydrogen) atoms. The number of hydrogen-bond donors (Lipinski definition) is 3. The highest BCUT2D eigenvalue weighted by Crippen LogP contribution is 2.30. The van der Waals surface area contributed by atoms with E-state index in [0.717, 1.165) is 4.47 Å². The summed E-state index contributed by atoms with van der Waals surface area (Å²) in [7, 11) is 0. The first kappa shape index (κ1) is 19.1. The van der Waals surface area contributed by atoms with Gasteiger partial charge in [-0.1, -0.05) is 34.1 Å². The minimum atomic E-state index is -0.349. The number of nitrogens with one attached hydrogen (secondary N) is 2. The number of carbonyl (C=O) groups excluding carboxylic acids is 2. The third kappa shape index (κ3) is 5.99. The molecule has 0 spiro atoms. The van der Waals surface area contributed by atoms with Crippen molar-refractivity contribution in [1.82, 2.24) is 10.7 Å². The number of aromatic hydroxyl groups is 1. The Morgan fingerprint density at radius 2 is 1.88 bits per heavy atom. The molecule has 0 saturated heterocycles. The van der Waals surface area contributed by atoms with Crippen molar-refractivity contribution < 1.29 is 14.7 Å². The summed E-state index contributed by atoms with van der Waals surface area (Å²) in [5.41, 5.74) is 3.33. The fourth-order valence-corrected chi connectivity index (χ4v) is 3.15. The molecule has 0 heterocycles. The van der Waals surface area contributed by atoms with Crippen molar-refractivity contribution >= 4 is 49.9 Å². The molecule has 2 amide bonds. The Balaban J connectivity index is 1.78. The molecule has 3 N–H and O–H groups in total. The molecular formula is C17H15Br2N3O3. The molecule has 0 aromatic heterocycles. The largest absolute Gasteiger partial charge is 0.506 e. The fraction of sp³-hybridized carbons (Fsp3) is 0.118. The lowest BCUT2D eigenvalue weighted by atomic mass is 10.2. The summed E-state index contributed by atoms with van der Waals surface area (Å²) >= 11 is 6.52. The fourth-order valence-electron chi connectivity index (χ4n) is 1.90. The van der Waals surface area contributed by atoms with Gasteiger partial charge in [0, 0.05) is 28.6 Å². The number of amides is 2. The van der Waals surface area contributed by atoms with Gasteiger partial charge in [0.1, 0.15) is 5.75 Å². The summed E-state index contributed by atoms with van der Waals surface area (Å²) in [6.07, 6.45) is 1.43. The SMILES string of the molecule is O=C(CCNC(=O)c1ccccc1)NN=Cc1cc(Br)cc(Br)c1O. The van der Waals surface area contributed by atoms with Gasteiger partial charge in [-0.2, -0.15) is 5.10 Å². The van der Waals surface area contributed by atoms with Crippen LogP contribution in [0.15, 0.2) is 56.5 Å². The summed E-state index contributed by atoms with van der Waals surface area (Å²) < 4.78 is 1.27. The second kappa shape index (κ2) is 9.33. The molecule has 0 saturated carbocycles. The smallest absolute Gasteiger partial charge is 0.251 e. The van der Waals surface area contributed by atoms with E-state index < -0.39 is 0 Å². The second-order valence-electron chi connectivity index (χ2n) is 4.99. The Morgan fingerprint density at radius 1 is 1.16 bits per heavy atom. The Hall–Kier alpha value is -2.19. The van der Waals surface area contributed by atoms with E-state index in [1.54, 1.807) is 36.4 Å². The minimum Gasteiger partial charge on any atom is -0.506 e. The van der Waals surface area contributed by atoms with Gasteiger partial charge in [0.15, 0.2) is 0 Å². The zero-order valence-corrected chi connectivity index (χ0v) is 16.2. The number of phenolic OH excluding ortho intramolecular Hbond substituents is 1. The number of benzene rings is 2. The van der Waals surface area contributed by atoms with Crippen LogP contribution in [0.3, 0.4) is 0 Å². The van der Waals surface area contributed by atoms with E-state index in [0.29, 0.717) is 15.6 Å². The average molecular weight is 469 g/mol. The van der Waals surface area contributed by atoms with E-state index in [2.05, 4.69) is 47.7 Å². The van der Waals surface area contributed by atoms with Crippen molar-refractivity contribution in [2.75, 3.05) is 6.54 Å². The molecule has 0 aliphatic carbocycles. The molecule has 0 aliphatic heterocycles. The number of halogens is 2. The highest BCUT2D eigenvalue weighted by atomic mass is 79.9. The van der Waals surface area contributed by atoms with Gasteiger partial charge in [-0.25, -0.2) is 5.43 Å². The molecule has 2 aromatic rings. The molecule has 0 unspecified atom stereocenters. The molecule has 0 bridgehead atoms. The number of hydrazone groups is 1. The zero-order valence-electron chi connectivity index (χ0n) is 13.0. The van der Waals surface area contributed by atoms with Gasteiger partial charge in [-0.15, -0.1) is 0 Å². The van der Waals surface area contributed by atoms with Gasteiger partial charge in [-0.3, -0.25) is 9.59 Å². The van der Waals surface area contributed by atoms with E-state index in [9.17, 15) is 14.7 Å². The third-order valence-electron chi connectivity index (χ3n) is 3.12. The van der Waals surface area contributed by atoms with Crippen LogP contribution in [-0.2, 0) is 4.79 Å². The number of rotatable bonds is 6. The van der Waals surface area contributed by atoms with Crippen LogP contribution in [-0.4, -0.2) is 29.7 Å². The van der Waals surface area contributed by atoms with Gasteiger partial charge in [-0.05, 0) is 40.2 Å². The van der Waals surface area contributed by atoms with Gasteiger partial charge < -0.3 is 10.4 Å². The van der Waals surface area contributed by atoms with Gasteiger partial charge in [0.2, 0.25) is 5.91 Å². The first-order valence-corrected chi connectivity index (χ1v) is 8.89. The standard InChI is InChI=1S/C17H15Br2N3O3/c18-13-8-12(16(24)14(19)9-13)10-21-22-15(23)6-7-20-17(25)11-4-2-1-3-5-11/h1-5,8-10,24H,6-7H2,(H,20,25)(H,22,23). The Bertz CT molecular complexity index is 795. The average Bonchev–Trinajstić information content (AvgIpc) is 2.59. The van der Waals surface area contributed by atoms with Gasteiger partial charge in [0.05, 0.1) is 10.7 Å². The molecule has 6 nitrogen and oxygen atoms in total. The first-order chi connectivity index (χ1) is 12.0. The summed E-state index contributed by atoms with van der Waals surface area (Å²) in [4.78, 5) is 23.5. The maximum Gasteiger partial charge on any atom is 0.251 e. The lowest BCUT2D eigenvalue weighted by molar-refractivity contribution is -0.120. The second-order valence-corrected chi connectivity index (χ2v) is 6.76. The summed E-state index contributed by atoms with van der Waals surface area (Å²) in [6.45, 7) is 0.197. The molecule has 0 aliphatic rings. The van der Waals surface area contributed by atoms with Crippen LogP contribution in [0.4, 0.5) is 0 Å². The minimum absolute atomic E-state index is 0.0244. The van der Waals surface area contributed by atoms with Crippen molar-refractivity contribution in [3.05, 3.63) is 62.5 Å². The van der Waals surface area contributed by atoms with Crippen molar-refractivity contribution in [3.63, 3.8) is 0 Å². The number of hydrogen-bond acceptors (Lipinski definition) is 4. The monoisotopic (exact) mass is 467 g/mol.